The molecule has 10 heteroatoms. The van der Waals surface area contributed by atoms with Gasteiger partial charge in [0.05, 0.1) is 28.3 Å². The largest absolute Gasteiger partial charge is 0.497 e. The number of carbonyl (C=O) groups is 2. The minimum atomic E-state index is -4.00. The maximum atomic E-state index is 13.2. The Hall–Kier alpha value is -2.78. The van der Waals surface area contributed by atoms with Gasteiger partial charge in [-0.3, -0.25) is 9.10 Å². The zero-order valence-corrected chi connectivity index (χ0v) is 22.1. The van der Waals surface area contributed by atoms with Crippen molar-refractivity contribution in [1.29, 1.82) is 0 Å². The molecule has 2 aromatic rings. The van der Waals surface area contributed by atoms with Crippen LogP contribution in [0, 0.1) is 17.8 Å². The number of ether oxygens (including phenoxy) is 2. The Labute approximate surface area is 217 Å². The number of benzene rings is 2. The lowest BCUT2D eigenvalue weighted by atomic mass is 9.84. The summed E-state index contributed by atoms with van der Waals surface area (Å²) in [6.07, 6.45) is 4.87. The molecule has 0 saturated heterocycles. The van der Waals surface area contributed by atoms with Crippen molar-refractivity contribution in [3.63, 3.8) is 0 Å². The van der Waals surface area contributed by atoms with Crippen molar-refractivity contribution in [2.24, 2.45) is 17.8 Å². The lowest BCUT2D eigenvalue weighted by Gasteiger charge is -2.28. The number of nitrogens with zero attached hydrogens (tertiary/aromatic N) is 1. The zero-order valence-electron chi connectivity index (χ0n) is 20.6. The van der Waals surface area contributed by atoms with Crippen LogP contribution in [-0.2, 0) is 19.6 Å². The highest BCUT2D eigenvalue weighted by Gasteiger charge is 2.42. The Morgan fingerprint density at radius 1 is 1.14 bits per heavy atom. The van der Waals surface area contributed by atoms with Gasteiger partial charge in [-0.2, -0.15) is 0 Å². The van der Waals surface area contributed by atoms with Crippen molar-refractivity contribution in [3.05, 3.63) is 53.1 Å². The number of halogens is 1. The first-order chi connectivity index (χ1) is 17.1. The Morgan fingerprint density at radius 3 is 2.47 bits per heavy atom. The highest BCUT2D eigenvalue weighted by molar-refractivity contribution is 7.92. The summed E-state index contributed by atoms with van der Waals surface area (Å²) >= 11 is 6.17. The standard InChI is InChI=1S/C26H31ClN2O6S/c1-16(22-13-17-4-5-18(22)12-17)28-25(30)15-35-26(31)23-14-21(10-11-24(23)27)36(32,33)29(2)19-6-8-20(34-3)9-7-19/h6-11,14,16-18,22H,4-5,12-13,15H2,1-3H3,(H,28,30)/t16-,17+,18-,22-/m0/s1. The number of esters is 1. The fourth-order valence-electron chi connectivity index (χ4n) is 5.43. The summed E-state index contributed by atoms with van der Waals surface area (Å²) in [5.74, 6) is 1.22. The summed E-state index contributed by atoms with van der Waals surface area (Å²) in [6, 6.07) is 10.3. The number of sulfonamides is 1. The predicted octanol–water partition coefficient (Wildman–Crippen LogP) is 4.27. The normalized spacial score (nSPS) is 21.6. The highest BCUT2D eigenvalue weighted by Crippen LogP contribution is 2.49. The minimum Gasteiger partial charge on any atom is -0.497 e. The number of nitrogens with one attached hydrogen (secondary N) is 1. The topological polar surface area (TPSA) is 102 Å². The van der Waals surface area contributed by atoms with E-state index in [2.05, 4.69) is 5.32 Å². The van der Waals surface area contributed by atoms with Gasteiger partial charge in [0.2, 0.25) is 0 Å². The molecule has 2 fully saturated rings. The van der Waals surface area contributed by atoms with E-state index >= 15 is 0 Å². The number of methoxy groups -OCH3 is 1. The van der Waals surface area contributed by atoms with Crippen molar-refractivity contribution in [3.8, 4) is 5.75 Å². The first-order valence-corrected chi connectivity index (χ1v) is 13.8. The van der Waals surface area contributed by atoms with Crippen LogP contribution in [0.2, 0.25) is 5.02 Å². The molecule has 0 radical (unpaired) electrons. The second-order valence-corrected chi connectivity index (χ2v) is 12.0. The predicted molar refractivity (Wildman–Crippen MR) is 137 cm³/mol. The summed E-state index contributed by atoms with van der Waals surface area (Å²) in [4.78, 5) is 25.0. The van der Waals surface area contributed by atoms with E-state index in [0.717, 1.165) is 22.7 Å². The number of fused-ring (bicyclic) bond motifs is 2. The summed E-state index contributed by atoms with van der Waals surface area (Å²) in [7, 11) is -1.07. The molecule has 36 heavy (non-hydrogen) atoms. The van der Waals surface area contributed by atoms with Crippen molar-refractivity contribution in [2.45, 2.75) is 43.5 Å². The molecule has 194 valence electrons. The molecule has 4 atom stereocenters. The van der Waals surface area contributed by atoms with Crippen molar-refractivity contribution in [1.82, 2.24) is 5.32 Å². The van der Waals surface area contributed by atoms with Crippen molar-refractivity contribution >= 4 is 39.2 Å². The number of carbonyl (C=O) groups excluding carboxylic acids is 2. The molecule has 4 rings (SSSR count). The van der Waals surface area contributed by atoms with Crippen LogP contribution in [0.15, 0.2) is 47.4 Å². The van der Waals surface area contributed by atoms with Crippen LogP contribution >= 0.6 is 11.6 Å². The maximum absolute atomic E-state index is 13.2. The van der Waals surface area contributed by atoms with Gasteiger partial charge in [-0.1, -0.05) is 18.0 Å². The van der Waals surface area contributed by atoms with Crippen LogP contribution in [0.4, 0.5) is 5.69 Å². The van der Waals surface area contributed by atoms with Gasteiger partial charge in [0.1, 0.15) is 5.75 Å². The van der Waals surface area contributed by atoms with Crippen LogP contribution in [0.25, 0.3) is 0 Å². The number of rotatable bonds is 9. The lowest BCUT2D eigenvalue weighted by Crippen LogP contribution is -2.42. The average Bonchev–Trinajstić information content (AvgIpc) is 3.51. The molecule has 0 heterocycles. The smallest absolute Gasteiger partial charge is 0.340 e. The average molecular weight is 535 g/mol. The number of anilines is 1. The Bertz CT molecular complexity index is 1230. The van der Waals surface area contributed by atoms with Crippen LogP contribution in [-0.4, -0.2) is 47.1 Å². The Morgan fingerprint density at radius 2 is 1.86 bits per heavy atom. The van der Waals surface area contributed by atoms with E-state index < -0.39 is 28.5 Å². The molecule has 0 aliphatic heterocycles. The first kappa shape index (κ1) is 26.3. The van der Waals surface area contributed by atoms with Crippen LogP contribution < -0.4 is 14.4 Å². The van der Waals surface area contributed by atoms with Crippen LogP contribution in [0.5, 0.6) is 5.75 Å². The summed E-state index contributed by atoms with van der Waals surface area (Å²) in [5.41, 5.74) is 0.283. The molecule has 0 aromatic heterocycles. The second-order valence-electron chi connectivity index (χ2n) is 9.58. The van der Waals surface area contributed by atoms with Crippen LogP contribution in [0.1, 0.15) is 43.0 Å². The van der Waals surface area contributed by atoms with Gasteiger partial charge in [-0.05, 0) is 86.4 Å². The maximum Gasteiger partial charge on any atom is 0.340 e. The van der Waals surface area contributed by atoms with Gasteiger partial charge in [0.25, 0.3) is 15.9 Å². The molecule has 0 unspecified atom stereocenters. The molecule has 2 saturated carbocycles. The van der Waals surface area contributed by atoms with Gasteiger partial charge >= 0.3 is 5.97 Å². The molecule has 2 bridgehead atoms. The van der Waals surface area contributed by atoms with Gasteiger partial charge in [0, 0.05) is 13.1 Å². The quantitative estimate of drug-likeness (QED) is 0.482. The third kappa shape index (κ3) is 5.47. The van der Waals surface area contributed by atoms with Crippen molar-refractivity contribution < 1.29 is 27.5 Å². The lowest BCUT2D eigenvalue weighted by molar-refractivity contribution is -0.125. The number of hydrogen-bond donors (Lipinski definition) is 1. The molecule has 2 aromatic carbocycles. The molecule has 2 aliphatic rings. The minimum absolute atomic E-state index is 0.0112. The van der Waals surface area contributed by atoms with E-state index in [0.29, 0.717) is 23.3 Å². The Kier molecular flexibility index (Phi) is 7.80. The molecule has 1 amide bonds. The first-order valence-electron chi connectivity index (χ1n) is 12.0. The summed E-state index contributed by atoms with van der Waals surface area (Å²) in [6.45, 7) is 1.53. The SMILES string of the molecule is COc1ccc(N(C)S(=O)(=O)c2ccc(Cl)c(C(=O)OCC(=O)N[C@@H](C)[C@@H]3C[C@@H]4CC[C@H]3C4)c2)cc1. The van der Waals surface area contributed by atoms with E-state index in [1.165, 1.54) is 45.6 Å². The van der Waals surface area contributed by atoms with E-state index in [1.807, 2.05) is 6.92 Å². The molecule has 8 nitrogen and oxygen atoms in total. The third-order valence-electron chi connectivity index (χ3n) is 7.41. The van der Waals surface area contributed by atoms with E-state index in [4.69, 9.17) is 21.1 Å². The molecular formula is C26H31ClN2O6S. The highest BCUT2D eigenvalue weighted by atomic mass is 35.5. The Balaban J connectivity index is 1.40. The van der Waals surface area contributed by atoms with E-state index in [9.17, 15) is 18.0 Å². The van der Waals surface area contributed by atoms with Crippen molar-refractivity contribution in [2.75, 3.05) is 25.1 Å². The summed E-state index contributed by atoms with van der Waals surface area (Å²) < 4.78 is 37.7. The van der Waals surface area contributed by atoms with Gasteiger partial charge in [-0.25, -0.2) is 13.2 Å². The fraction of sp³-hybridized carbons (Fsp3) is 0.462. The second kappa shape index (κ2) is 10.7. The fourth-order valence-corrected chi connectivity index (χ4v) is 6.85. The van der Waals surface area contributed by atoms with E-state index in [1.54, 1.807) is 24.3 Å². The van der Waals surface area contributed by atoms with E-state index in [-0.39, 0.29) is 21.5 Å². The number of hydrogen-bond acceptors (Lipinski definition) is 6. The molecule has 0 spiro atoms. The third-order valence-corrected chi connectivity index (χ3v) is 9.52. The van der Waals surface area contributed by atoms with Crippen LogP contribution in [0.3, 0.4) is 0 Å². The molecule has 2 aliphatic carbocycles. The summed E-state index contributed by atoms with van der Waals surface area (Å²) in [5, 5.41) is 2.97. The zero-order chi connectivity index (χ0) is 26.0. The molecular weight excluding hydrogens is 504 g/mol. The monoisotopic (exact) mass is 534 g/mol. The molecule has 1 N–H and O–H groups in total. The van der Waals surface area contributed by atoms with Gasteiger partial charge in [0.15, 0.2) is 6.61 Å². The number of amides is 1. The van der Waals surface area contributed by atoms with Gasteiger partial charge in [-0.15, -0.1) is 0 Å². The van der Waals surface area contributed by atoms with Gasteiger partial charge < -0.3 is 14.8 Å².